The second-order valence-corrected chi connectivity index (χ2v) is 9.76. The van der Waals surface area contributed by atoms with Crippen LogP contribution in [0.1, 0.15) is 20.3 Å². The maximum Gasteiger partial charge on any atom is 0.143 e. The van der Waals surface area contributed by atoms with Crippen molar-refractivity contribution < 1.29 is 4.57 Å². The average Bonchev–Trinajstić information content (AvgIpc) is 1.67. The zero-order valence-corrected chi connectivity index (χ0v) is 8.41. The zero-order valence-electron chi connectivity index (χ0n) is 5.35. The average molecular weight is 246 g/mol. The summed E-state index contributed by atoms with van der Waals surface area (Å²) in [6.07, 6.45) is 2.81. The summed E-state index contributed by atoms with van der Waals surface area (Å²) in [5, 5.41) is 0. The molecule has 0 aromatic heterocycles. The Morgan fingerprint density at radius 2 is 2.00 bits per heavy atom. The molecule has 0 bridgehead atoms. The Labute approximate surface area is 64.1 Å². The van der Waals surface area contributed by atoms with Gasteiger partial charge in [-0.15, -0.1) is 0 Å². The minimum atomic E-state index is -1.70. The van der Waals surface area contributed by atoms with Crippen molar-refractivity contribution in [3.63, 3.8) is 0 Å². The topological polar surface area (TPSA) is 17.1 Å². The molecule has 50 valence electrons. The van der Waals surface area contributed by atoms with Crippen molar-refractivity contribution in [2.24, 2.45) is 0 Å². The molecular formula is C5H12IOP. The number of halogens is 1. The summed E-state index contributed by atoms with van der Waals surface area (Å²) in [4.78, 5) is -1.70. The fourth-order valence-electron chi connectivity index (χ4n) is 0.492. The van der Waals surface area contributed by atoms with Crippen molar-refractivity contribution in [2.45, 2.75) is 20.3 Å². The molecule has 0 saturated carbocycles. The Kier molecular flexibility index (Phi) is 4.35. The normalized spacial score (nSPS) is 17.9. The monoisotopic (exact) mass is 246 g/mol. The SMILES string of the molecule is CCCP(=O)(I)CC. The summed E-state index contributed by atoms with van der Waals surface area (Å²) in [6.45, 7) is 4.06. The van der Waals surface area contributed by atoms with Gasteiger partial charge in [0.25, 0.3) is 0 Å². The van der Waals surface area contributed by atoms with Gasteiger partial charge in [-0.25, -0.2) is 0 Å². The Morgan fingerprint density at radius 1 is 1.50 bits per heavy atom. The first-order valence-corrected chi connectivity index (χ1v) is 7.76. The molecule has 0 aliphatic carbocycles. The van der Waals surface area contributed by atoms with Crippen LogP contribution in [0.5, 0.6) is 0 Å². The quantitative estimate of drug-likeness (QED) is 0.552. The van der Waals surface area contributed by atoms with Crippen LogP contribution in [0.15, 0.2) is 0 Å². The lowest BCUT2D eigenvalue weighted by Gasteiger charge is -2.03. The minimum Gasteiger partial charge on any atom is -0.313 e. The molecule has 0 rings (SSSR count). The van der Waals surface area contributed by atoms with Crippen molar-refractivity contribution in [1.29, 1.82) is 0 Å². The van der Waals surface area contributed by atoms with Gasteiger partial charge in [-0.3, -0.25) is 0 Å². The van der Waals surface area contributed by atoms with Crippen molar-refractivity contribution in [1.82, 2.24) is 0 Å². The Bertz CT molecular complexity index is 103. The standard InChI is InChI=1S/C5H12IOP/c1-3-5-8(6,7)4-2/h3-5H2,1-2H3. The Balaban J connectivity index is 3.55. The lowest BCUT2D eigenvalue weighted by Crippen LogP contribution is -1.81. The maximum absolute atomic E-state index is 11.2. The van der Waals surface area contributed by atoms with E-state index in [2.05, 4.69) is 29.0 Å². The predicted octanol–water partition coefficient (Wildman–Crippen LogP) is 3.13. The summed E-state index contributed by atoms with van der Waals surface area (Å²) >= 11 is 2.10. The van der Waals surface area contributed by atoms with E-state index < -0.39 is 4.78 Å². The summed E-state index contributed by atoms with van der Waals surface area (Å²) < 4.78 is 11.2. The highest BCUT2D eigenvalue weighted by Gasteiger charge is 2.11. The van der Waals surface area contributed by atoms with Crippen LogP contribution >= 0.6 is 26.8 Å². The van der Waals surface area contributed by atoms with Gasteiger partial charge in [-0.2, -0.15) is 0 Å². The number of rotatable bonds is 3. The fraction of sp³-hybridized carbons (Fsp3) is 1.00. The van der Waals surface area contributed by atoms with E-state index in [0.29, 0.717) is 0 Å². The lowest BCUT2D eigenvalue weighted by atomic mass is 10.6. The van der Waals surface area contributed by atoms with Crippen LogP contribution in [0, 0.1) is 0 Å². The van der Waals surface area contributed by atoms with Crippen LogP contribution < -0.4 is 0 Å². The molecule has 1 nitrogen and oxygen atoms in total. The summed E-state index contributed by atoms with van der Waals surface area (Å²) in [6, 6.07) is 0. The highest BCUT2D eigenvalue weighted by molar-refractivity contribution is 14.2. The third-order valence-corrected chi connectivity index (χ3v) is 6.58. The molecule has 0 spiro atoms. The van der Waals surface area contributed by atoms with Gasteiger partial charge in [0, 0.05) is 12.3 Å². The van der Waals surface area contributed by atoms with Crippen molar-refractivity contribution in [3.05, 3.63) is 0 Å². The molecule has 3 heteroatoms. The van der Waals surface area contributed by atoms with Crippen LogP contribution in [0.2, 0.25) is 0 Å². The molecule has 0 heterocycles. The van der Waals surface area contributed by atoms with Crippen LogP contribution in [0.4, 0.5) is 0 Å². The van der Waals surface area contributed by atoms with Crippen molar-refractivity contribution in [2.75, 3.05) is 12.3 Å². The lowest BCUT2D eigenvalue weighted by molar-refractivity contribution is 0.586. The molecule has 0 N–H and O–H groups in total. The van der Waals surface area contributed by atoms with Gasteiger partial charge in [0.2, 0.25) is 0 Å². The molecule has 0 saturated heterocycles. The Morgan fingerprint density at radius 3 is 2.12 bits per heavy atom. The number of hydrogen-bond donors (Lipinski definition) is 0. The second-order valence-electron chi connectivity index (χ2n) is 1.83. The van der Waals surface area contributed by atoms with E-state index in [1.807, 2.05) is 6.92 Å². The van der Waals surface area contributed by atoms with Gasteiger partial charge in [-0.05, 0) is 28.5 Å². The molecule has 0 amide bonds. The molecule has 0 aromatic carbocycles. The maximum atomic E-state index is 11.2. The van der Waals surface area contributed by atoms with Crippen LogP contribution in [0.3, 0.4) is 0 Å². The van der Waals surface area contributed by atoms with Crippen molar-refractivity contribution in [3.8, 4) is 0 Å². The first-order valence-electron chi connectivity index (χ1n) is 2.90. The largest absolute Gasteiger partial charge is 0.313 e. The molecule has 8 heavy (non-hydrogen) atoms. The van der Waals surface area contributed by atoms with Crippen molar-refractivity contribution >= 4 is 26.8 Å². The third-order valence-electron chi connectivity index (χ3n) is 1.03. The van der Waals surface area contributed by atoms with E-state index in [4.69, 9.17) is 0 Å². The highest BCUT2D eigenvalue weighted by atomic mass is 127. The van der Waals surface area contributed by atoms with Crippen LogP contribution in [-0.2, 0) is 4.57 Å². The van der Waals surface area contributed by atoms with E-state index in [1.54, 1.807) is 0 Å². The van der Waals surface area contributed by atoms with Gasteiger partial charge in [0.15, 0.2) is 0 Å². The zero-order chi connectivity index (χ0) is 6.62. The molecule has 0 aromatic rings. The van der Waals surface area contributed by atoms with Gasteiger partial charge < -0.3 is 4.57 Å². The molecule has 0 aliphatic heterocycles. The fourth-order valence-corrected chi connectivity index (χ4v) is 2.92. The first-order chi connectivity index (χ1) is 3.62. The van der Waals surface area contributed by atoms with Crippen LogP contribution in [-0.4, -0.2) is 12.3 Å². The van der Waals surface area contributed by atoms with E-state index >= 15 is 0 Å². The molecule has 0 fully saturated rings. The highest BCUT2D eigenvalue weighted by Crippen LogP contribution is 2.54. The van der Waals surface area contributed by atoms with Gasteiger partial charge >= 0.3 is 0 Å². The first kappa shape index (κ1) is 8.96. The summed E-state index contributed by atoms with van der Waals surface area (Å²) in [7, 11) is 0. The van der Waals surface area contributed by atoms with E-state index in [9.17, 15) is 4.57 Å². The summed E-state index contributed by atoms with van der Waals surface area (Å²) in [5.41, 5.74) is 0. The van der Waals surface area contributed by atoms with E-state index in [-0.39, 0.29) is 0 Å². The molecule has 0 radical (unpaired) electrons. The molecule has 1 atom stereocenters. The summed E-state index contributed by atoms with van der Waals surface area (Å²) in [5.74, 6) is 0. The second kappa shape index (κ2) is 3.89. The smallest absolute Gasteiger partial charge is 0.143 e. The molecular weight excluding hydrogens is 234 g/mol. The molecule has 0 aliphatic rings. The van der Waals surface area contributed by atoms with Crippen LogP contribution in [0.25, 0.3) is 0 Å². The minimum absolute atomic E-state index is 0.849. The van der Waals surface area contributed by atoms with Gasteiger partial charge in [-0.1, -0.05) is 13.8 Å². The van der Waals surface area contributed by atoms with E-state index in [1.165, 1.54) is 0 Å². The molecule has 1 unspecified atom stereocenters. The van der Waals surface area contributed by atoms with Gasteiger partial charge in [0.05, 0.1) is 0 Å². The predicted molar refractivity (Wildman–Crippen MR) is 47.3 cm³/mol. The Hall–Kier alpha value is 0.960. The van der Waals surface area contributed by atoms with Gasteiger partial charge in [0.1, 0.15) is 4.78 Å². The third kappa shape index (κ3) is 3.90. The van der Waals surface area contributed by atoms with E-state index in [0.717, 1.165) is 18.7 Å². The number of hydrogen-bond acceptors (Lipinski definition) is 1.